The SMILES string of the molecule is CCCC(O)n1ccc2ccccc21. The van der Waals surface area contributed by atoms with Gasteiger partial charge >= 0.3 is 0 Å². The fourth-order valence-electron chi connectivity index (χ4n) is 1.76. The van der Waals surface area contributed by atoms with Crippen LogP contribution in [-0.4, -0.2) is 9.67 Å². The number of rotatable bonds is 3. The van der Waals surface area contributed by atoms with Crippen molar-refractivity contribution in [3.63, 3.8) is 0 Å². The molecular formula is C12H15NO. The maximum absolute atomic E-state index is 9.87. The molecule has 14 heavy (non-hydrogen) atoms. The molecule has 1 aromatic heterocycles. The summed E-state index contributed by atoms with van der Waals surface area (Å²) >= 11 is 0. The molecule has 2 aromatic rings. The summed E-state index contributed by atoms with van der Waals surface area (Å²) in [5.41, 5.74) is 1.11. The second-order valence-electron chi connectivity index (χ2n) is 3.55. The smallest absolute Gasteiger partial charge is 0.130 e. The average molecular weight is 189 g/mol. The molecule has 1 unspecified atom stereocenters. The van der Waals surface area contributed by atoms with Gasteiger partial charge < -0.3 is 9.67 Å². The van der Waals surface area contributed by atoms with Crippen LogP contribution in [0.3, 0.4) is 0 Å². The molecule has 1 atom stereocenters. The van der Waals surface area contributed by atoms with Gasteiger partial charge in [-0.2, -0.15) is 0 Å². The van der Waals surface area contributed by atoms with Crippen LogP contribution in [-0.2, 0) is 0 Å². The number of para-hydroxylation sites is 1. The molecule has 0 aliphatic heterocycles. The molecule has 0 aliphatic carbocycles. The lowest BCUT2D eigenvalue weighted by atomic mass is 10.2. The van der Waals surface area contributed by atoms with Crippen LogP contribution in [0.5, 0.6) is 0 Å². The first-order valence-electron chi connectivity index (χ1n) is 5.06. The van der Waals surface area contributed by atoms with E-state index < -0.39 is 0 Å². The van der Waals surface area contributed by atoms with Crippen molar-refractivity contribution in [2.45, 2.75) is 26.0 Å². The Labute approximate surface area is 83.8 Å². The lowest BCUT2D eigenvalue weighted by Gasteiger charge is -2.12. The van der Waals surface area contributed by atoms with E-state index in [1.54, 1.807) is 0 Å². The van der Waals surface area contributed by atoms with Crippen LogP contribution in [0.2, 0.25) is 0 Å². The molecule has 1 aromatic carbocycles. The third-order valence-electron chi connectivity index (χ3n) is 2.50. The predicted octanol–water partition coefficient (Wildman–Crippen LogP) is 2.93. The lowest BCUT2D eigenvalue weighted by molar-refractivity contribution is 0.0983. The Balaban J connectivity index is 2.42. The Morgan fingerprint density at radius 3 is 2.86 bits per heavy atom. The summed E-state index contributed by atoms with van der Waals surface area (Å²) in [6.07, 6.45) is 3.36. The average Bonchev–Trinajstić information content (AvgIpc) is 2.61. The van der Waals surface area contributed by atoms with Gasteiger partial charge in [0.2, 0.25) is 0 Å². The van der Waals surface area contributed by atoms with Crippen LogP contribution in [0, 0.1) is 0 Å². The summed E-state index contributed by atoms with van der Waals surface area (Å²) in [7, 11) is 0. The quantitative estimate of drug-likeness (QED) is 0.789. The highest BCUT2D eigenvalue weighted by atomic mass is 16.3. The van der Waals surface area contributed by atoms with Crippen molar-refractivity contribution in [1.82, 2.24) is 4.57 Å². The van der Waals surface area contributed by atoms with Gasteiger partial charge in [0.15, 0.2) is 0 Å². The highest BCUT2D eigenvalue weighted by molar-refractivity contribution is 5.79. The molecule has 0 amide bonds. The van der Waals surface area contributed by atoms with Gasteiger partial charge in [-0.1, -0.05) is 31.5 Å². The zero-order valence-corrected chi connectivity index (χ0v) is 8.35. The Morgan fingerprint density at radius 1 is 1.29 bits per heavy atom. The van der Waals surface area contributed by atoms with Gasteiger partial charge in [0.05, 0.1) is 5.52 Å². The number of hydrogen-bond acceptors (Lipinski definition) is 1. The van der Waals surface area contributed by atoms with Gasteiger partial charge in [-0.05, 0) is 23.9 Å². The summed E-state index contributed by atoms with van der Waals surface area (Å²) < 4.78 is 1.93. The Kier molecular flexibility index (Phi) is 2.55. The lowest BCUT2D eigenvalue weighted by Crippen LogP contribution is -2.05. The first-order valence-corrected chi connectivity index (χ1v) is 5.06. The first kappa shape index (κ1) is 9.28. The number of hydrogen-bond donors (Lipinski definition) is 1. The zero-order chi connectivity index (χ0) is 9.97. The van der Waals surface area contributed by atoms with E-state index in [-0.39, 0.29) is 6.23 Å². The van der Waals surface area contributed by atoms with Crippen LogP contribution in [0.15, 0.2) is 36.5 Å². The second kappa shape index (κ2) is 3.84. The summed E-state index contributed by atoms with van der Waals surface area (Å²) in [4.78, 5) is 0. The van der Waals surface area contributed by atoms with E-state index >= 15 is 0 Å². The van der Waals surface area contributed by atoms with E-state index in [9.17, 15) is 5.11 Å². The number of fused-ring (bicyclic) bond motifs is 1. The maximum atomic E-state index is 9.87. The van der Waals surface area contributed by atoms with Crippen molar-refractivity contribution in [2.24, 2.45) is 0 Å². The molecule has 0 fully saturated rings. The van der Waals surface area contributed by atoms with Crippen molar-refractivity contribution < 1.29 is 5.11 Å². The normalized spacial score (nSPS) is 13.3. The number of aliphatic hydroxyl groups excluding tert-OH is 1. The maximum Gasteiger partial charge on any atom is 0.130 e. The van der Waals surface area contributed by atoms with Crippen LogP contribution < -0.4 is 0 Å². The Bertz CT molecular complexity index is 419. The Morgan fingerprint density at radius 2 is 2.07 bits per heavy atom. The highest BCUT2D eigenvalue weighted by Gasteiger charge is 2.07. The van der Waals surface area contributed by atoms with Crippen molar-refractivity contribution in [2.75, 3.05) is 0 Å². The molecule has 0 bridgehead atoms. The predicted molar refractivity (Wildman–Crippen MR) is 58.1 cm³/mol. The van der Waals surface area contributed by atoms with Crippen LogP contribution in [0.4, 0.5) is 0 Å². The van der Waals surface area contributed by atoms with Gasteiger partial charge in [0, 0.05) is 6.20 Å². The second-order valence-corrected chi connectivity index (χ2v) is 3.55. The third kappa shape index (κ3) is 1.53. The molecule has 0 radical (unpaired) electrons. The van der Waals surface area contributed by atoms with Crippen LogP contribution in [0.1, 0.15) is 26.0 Å². The van der Waals surface area contributed by atoms with Gasteiger partial charge in [0.1, 0.15) is 6.23 Å². The molecule has 0 saturated heterocycles. The molecule has 2 nitrogen and oxygen atoms in total. The van der Waals surface area contributed by atoms with Gasteiger partial charge in [-0.15, -0.1) is 0 Å². The fourth-order valence-corrected chi connectivity index (χ4v) is 1.76. The molecule has 1 N–H and O–H groups in total. The topological polar surface area (TPSA) is 25.2 Å². The molecular weight excluding hydrogens is 174 g/mol. The minimum atomic E-state index is -0.389. The fraction of sp³-hybridized carbons (Fsp3) is 0.333. The monoisotopic (exact) mass is 189 g/mol. The summed E-state index contributed by atoms with van der Waals surface area (Å²) in [5, 5.41) is 11.1. The van der Waals surface area contributed by atoms with Gasteiger partial charge in [-0.3, -0.25) is 0 Å². The molecule has 0 spiro atoms. The van der Waals surface area contributed by atoms with Crippen molar-refractivity contribution >= 4 is 10.9 Å². The first-order chi connectivity index (χ1) is 6.83. The van der Waals surface area contributed by atoms with E-state index in [1.165, 1.54) is 5.39 Å². The zero-order valence-electron chi connectivity index (χ0n) is 8.35. The molecule has 0 aliphatic rings. The third-order valence-corrected chi connectivity index (χ3v) is 2.50. The van der Waals surface area contributed by atoms with E-state index in [1.807, 2.05) is 35.0 Å². The number of nitrogens with zero attached hydrogens (tertiary/aromatic N) is 1. The molecule has 74 valence electrons. The molecule has 1 heterocycles. The number of aromatic nitrogens is 1. The Hall–Kier alpha value is -1.28. The van der Waals surface area contributed by atoms with Gasteiger partial charge in [0.25, 0.3) is 0 Å². The van der Waals surface area contributed by atoms with E-state index in [0.717, 1.165) is 18.4 Å². The number of benzene rings is 1. The number of aliphatic hydroxyl groups is 1. The molecule has 2 heteroatoms. The molecule has 2 rings (SSSR count). The van der Waals surface area contributed by atoms with E-state index in [4.69, 9.17) is 0 Å². The minimum Gasteiger partial charge on any atom is -0.373 e. The van der Waals surface area contributed by atoms with Crippen molar-refractivity contribution in [3.05, 3.63) is 36.5 Å². The summed E-state index contributed by atoms with van der Waals surface area (Å²) in [5.74, 6) is 0. The molecule has 0 saturated carbocycles. The van der Waals surface area contributed by atoms with Crippen LogP contribution >= 0.6 is 0 Å². The standard InChI is InChI=1S/C12H15NO/c1-2-5-12(14)13-9-8-10-6-3-4-7-11(10)13/h3-4,6-9,12,14H,2,5H2,1H3. The van der Waals surface area contributed by atoms with E-state index in [0.29, 0.717) is 0 Å². The van der Waals surface area contributed by atoms with Gasteiger partial charge in [-0.25, -0.2) is 0 Å². The summed E-state index contributed by atoms with van der Waals surface area (Å²) in [6, 6.07) is 10.1. The van der Waals surface area contributed by atoms with E-state index in [2.05, 4.69) is 13.0 Å². The minimum absolute atomic E-state index is 0.389. The van der Waals surface area contributed by atoms with Crippen molar-refractivity contribution in [1.29, 1.82) is 0 Å². The largest absolute Gasteiger partial charge is 0.373 e. The summed E-state index contributed by atoms with van der Waals surface area (Å²) in [6.45, 7) is 2.08. The van der Waals surface area contributed by atoms with Crippen LogP contribution in [0.25, 0.3) is 10.9 Å². The highest BCUT2D eigenvalue weighted by Crippen LogP contribution is 2.20. The van der Waals surface area contributed by atoms with Crippen molar-refractivity contribution in [3.8, 4) is 0 Å².